The number of carbonyl (C=O) groups is 1. The van der Waals surface area contributed by atoms with Crippen LogP contribution in [0.2, 0.25) is 0 Å². The summed E-state index contributed by atoms with van der Waals surface area (Å²) in [6.45, 7) is 0. The van der Waals surface area contributed by atoms with Crippen LogP contribution in [0.3, 0.4) is 0 Å². The van der Waals surface area contributed by atoms with E-state index in [0.29, 0.717) is 18.0 Å². The first-order valence-corrected chi connectivity index (χ1v) is 6.98. The van der Waals surface area contributed by atoms with Crippen molar-refractivity contribution in [3.63, 3.8) is 0 Å². The highest BCUT2D eigenvalue weighted by molar-refractivity contribution is 5.79. The zero-order chi connectivity index (χ0) is 10.7. The normalized spacial score (nSPS) is 54.9. The highest BCUT2D eigenvalue weighted by Gasteiger charge is 2.53. The molecule has 2 saturated heterocycles. The molecule has 0 amide bonds. The molecule has 5 rings (SSSR count). The minimum Gasteiger partial charge on any atom is -0.374 e. The zero-order valence-corrected chi connectivity index (χ0v) is 9.73. The van der Waals surface area contributed by atoms with Gasteiger partial charge in [0.25, 0.3) is 0 Å². The average molecular weight is 220 g/mol. The van der Waals surface area contributed by atoms with Crippen LogP contribution in [-0.4, -0.2) is 18.0 Å². The van der Waals surface area contributed by atoms with Crippen molar-refractivity contribution in [2.45, 2.75) is 57.2 Å². The lowest BCUT2D eigenvalue weighted by molar-refractivity contribution is -0.228. The molecule has 0 spiro atoms. The number of ketones is 1. The fraction of sp³-hybridized carbons (Fsp3) is 0.929. The number of rotatable bonds is 0. The highest BCUT2D eigenvalue weighted by Crippen LogP contribution is 2.55. The van der Waals surface area contributed by atoms with Gasteiger partial charge in [0.05, 0.1) is 12.2 Å². The van der Waals surface area contributed by atoms with Gasteiger partial charge in [-0.3, -0.25) is 4.79 Å². The summed E-state index contributed by atoms with van der Waals surface area (Å²) in [4.78, 5) is 11.5. The molecule has 2 heterocycles. The molecule has 0 N–H and O–H groups in total. The molecule has 2 bridgehead atoms. The second-order valence-corrected chi connectivity index (χ2v) is 6.38. The predicted octanol–water partition coefficient (Wildman–Crippen LogP) is 2.56. The second kappa shape index (κ2) is 3.32. The Bertz CT molecular complexity index is 319. The molecule has 16 heavy (non-hydrogen) atoms. The van der Waals surface area contributed by atoms with Crippen molar-refractivity contribution in [2.24, 2.45) is 23.7 Å². The van der Waals surface area contributed by atoms with E-state index in [1.54, 1.807) is 0 Å². The molecule has 6 unspecified atom stereocenters. The average Bonchev–Trinajstić information content (AvgIpc) is 2.26. The van der Waals surface area contributed by atoms with Crippen molar-refractivity contribution in [1.29, 1.82) is 0 Å². The zero-order valence-electron chi connectivity index (χ0n) is 9.73. The first kappa shape index (κ1) is 9.64. The molecular weight excluding hydrogens is 200 g/mol. The first-order valence-electron chi connectivity index (χ1n) is 6.98. The SMILES string of the molecule is O=C1CCC2C(CCC3C4CC(CC23)O4)C1. The van der Waals surface area contributed by atoms with Gasteiger partial charge in [-0.2, -0.15) is 0 Å². The number of fused-ring (bicyclic) bond motifs is 1. The summed E-state index contributed by atoms with van der Waals surface area (Å²) in [5.41, 5.74) is 0. The van der Waals surface area contributed by atoms with Crippen LogP contribution < -0.4 is 0 Å². The first-order chi connectivity index (χ1) is 7.81. The Morgan fingerprint density at radius 2 is 1.88 bits per heavy atom. The fourth-order valence-electron chi connectivity index (χ4n) is 4.96. The second-order valence-electron chi connectivity index (χ2n) is 6.38. The molecule has 3 saturated carbocycles. The number of Topliss-reactive ketones (excluding diaryl/α,β-unsaturated/α-hetero) is 1. The molecule has 0 radical (unpaired) electrons. The summed E-state index contributed by atoms with van der Waals surface area (Å²) in [5, 5.41) is 0. The van der Waals surface area contributed by atoms with Gasteiger partial charge in [-0.05, 0) is 49.4 Å². The van der Waals surface area contributed by atoms with Crippen LogP contribution >= 0.6 is 0 Å². The Labute approximate surface area is 96.7 Å². The summed E-state index contributed by atoms with van der Waals surface area (Å²) >= 11 is 0. The molecular formula is C14H20O2. The molecule has 2 nitrogen and oxygen atoms in total. The van der Waals surface area contributed by atoms with Crippen LogP contribution in [-0.2, 0) is 9.53 Å². The lowest BCUT2D eigenvalue weighted by Gasteiger charge is -2.57. The van der Waals surface area contributed by atoms with Crippen LogP contribution in [0.1, 0.15) is 44.9 Å². The molecule has 3 aliphatic carbocycles. The van der Waals surface area contributed by atoms with Gasteiger partial charge < -0.3 is 4.74 Å². The predicted molar refractivity (Wildman–Crippen MR) is 59.9 cm³/mol. The third kappa shape index (κ3) is 1.25. The Morgan fingerprint density at radius 1 is 1.00 bits per heavy atom. The minimum absolute atomic E-state index is 0.525. The molecule has 0 aromatic rings. The summed E-state index contributed by atoms with van der Waals surface area (Å²) in [5.74, 6) is 3.88. The molecule has 5 aliphatic rings. The molecule has 2 heteroatoms. The van der Waals surface area contributed by atoms with Crippen LogP contribution in [0, 0.1) is 23.7 Å². The van der Waals surface area contributed by atoms with Gasteiger partial charge in [0, 0.05) is 19.3 Å². The van der Waals surface area contributed by atoms with E-state index in [9.17, 15) is 4.79 Å². The van der Waals surface area contributed by atoms with Crippen molar-refractivity contribution in [3.8, 4) is 0 Å². The fourth-order valence-corrected chi connectivity index (χ4v) is 4.96. The topological polar surface area (TPSA) is 26.3 Å². The maximum Gasteiger partial charge on any atom is 0.133 e. The van der Waals surface area contributed by atoms with Crippen molar-refractivity contribution < 1.29 is 9.53 Å². The number of hydrogen-bond acceptors (Lipinski definition) is 2. The largest absolute Gasteiger partial charge is 0.374 e. The van der Waals surface area contributed by atoms with E-state index >= 15 is 0 Å². The summed E-state index contributed by atoms with van der Waals surface area (Å²) in [6, 6.07) is 0. The molecule has 2 aliphatic heterocycles. The Hall–Kier alpha value is -0.370. The van der Waals surface area contributed by atoms with E-state index in [1.807, 2.05) is 0 Å². The summed E-state index contributed by atoms with van der Waals surface area (Å²) < 4.78 is 5.88. The number of carbonyl (C=O) groups excluding carboxylic acids is 1. The molecule has 5 fully saturated rings. The summed E-state index contributed by atoms with van der Waals surface area (Å²) in [6.07, 6.45) is 9.38. The van der Waals surface area contributed by atoms with Gasteiger partial charge in [-0.25, -0.2) is 0 Å². The van der Waals surface area contributed by atoms with E-state index < -0.39 is 0 Å². The molecule has 0 aromatic heterocycles. The van der Waals surface area contributed by atoms with E-state index in [-0.39, 0.29) is 0 Å². The maximum absolute atomic E-state index is 11.5. The Balaban J connectivity index is 1.57. The van der Waals surface area contributed by atoms with Crippen LogP contribution in [0.25, 0.3) is 0 Å². The minimum atomic E-state index is 0.525. The standard InChI is InChI=1S/C14H20O2/c15-9-2-4-11-8(5-9)1-3-12-13(11)6-10-7-14(12)16-10/h8,10-14H,1-7H2. The van der Waals surface area contributed by atoms with Crippen LogP contribution in [0.5, 0.6) is 0 Å². The third-order valence-electron chi connectivity index (χ3n) is 5.70. The Morgan fingerprint density at radius 3 is 2.75 bits per heavy atom. The smallest absolute Gasteiger partial charge is 0.133 e. The van der Waals surface area contributed by atoms with E-state index in [2.05, 4.69) is 0 Å². The van der Waals surface area contributed by atoms with Crippen molar-refractivity contribution in [1.82, 2.24) is 0 Å². The van der Waals surface area contributed by atoms with Crippen LogP contribution in [0.4, 0.5) is 0 Å². The van der Waals surface area contributed by atoms with Crippen molar-refractivity contribution >= 4 is 5.78 Å². The van der Waals surface area contributed by atoms with E-state index in [4.69, 9.17) is 4.74 Å². The quantitative estimate of drug-likeness (QED) is 0.627. The van der Waals surface area contributed by atoms with E-state index in [0.717, 1.165) is 36.5 Å². The van der Waals surface area contributed by atoms with Gasteiger partial charge in [-0.1, -0.05) is 0 Å². The monoisotopic (exact) mass is 220 g/mol. The van der Waals surface area contributed by atoms with Gasteiger partial charge in [-0.15, -0.1) is 0 Å². The maximum atomic E-state index is 11.5. The Kier molecular flexibility index (Phi) is 2.00. The van der Waals surface area contributed by atoms with E-state index in [1.165, 1.54) is 32.1 Å². The van der Waals surface area contributed by atoms with Gasteiger partial charge >= 0.3 is 0 Å². The lowest BCUT2D eigenvalue weighted by Crippen LogP contribution is -2.56. The van der Waals surface area contributed by atoms with Crippen molar-refractivity contribution in [3.05, 3.63) is 0 Å². The van der Waals surface area contributed by atoms with Crippen molar-refractivity contribution in [2.75, 3.05) is 0 Å². The molecule has 88 valence electrons. The number of ether oxygens (including phenoxy) is 1. The molecule has 6 atom stereocenters. The summed E-state index contributed by atoms with van der Waals surface area (Å²) in [7, 11) is 0. The third-order valence-corrected chi connectivity index (χ3v) is 5.70. The molecule has 0 aromatic carbocycles. The van der Waals surface area contributed by atoms with Crippen LogP contribution in [0.15, 0.2) is 0 Å². The van der Waals surface area contributed by atoms with Gasteiger partial charge in [0.2, 0.25) is 0 Å². The van der Waals surface area contributed by atoms with Gasteiger partial charge in [0.15, 0.2) is 0 Å². The number of hydrogen-bond donors (Lipinski definition) is 0. The van der Waals surface area contributed by atoms with Gasteiger partial charge in [0.1, 0.15) is 5.78 Å². The highest BCUT2D eigenvalue weighted by atomic mass is 16.5. The lowest BCUT2D eigenvalue weighted by atomic mass is 9.55.